The van der Waals surface area contributed by atoms with E-state index < -0.39 is 0 Å². The quantitative estimate of drug-likeness (QED) is 0.727. The van der Waals surface area contributed by atoms with Gasteiger partial charge in [0.2, 0.25) is 5.91 Å². The molecule has 19 heavy (non-hydrogen) atoms. The highest BCUT2D eigenvalue weighted by molar-refractivity contribution is 5.76. The molecule has 1 fully saturated rings. The van der Waals surface area contributed by atoms with Crippen LogP contribution in [0.4, 0.5) is 0 Å². The lowest BCUT2D eigenvalue weighted by Crippen LogP contribution is -2.34. The van der Waals surface area contributed by atoms with Crippen molar-refractivity contribution >= 4 is 5.91 Å². The maximum atomic E-state index is 11.7. The van der Waals surface area contributed by atoms with E-state index in [1.54, 1.807) is 6.20 Å². The summed E-state index contributed by atoms with van der Waals surface area (Å²) in [5, 5.41) is 6.36. The molecule has 1 aliphatic heterocycles. The number of carbonyl (C=O) groups excluding carboxylic acids is 1. The summed E-state index contributed by atoms with van der Waals surface area (Å²) in [7, 11) is 0. The third-order valence-electron chi connectivity index (χ3n) is 3.60. The van der Waals surface area contributed by atoms with Crippen LogP contribution in [0.15, 0.2) is 18.7 Å². The summed E-state index contributed by atoms with van der Waals surface area (Å²) < 4.78 is 2.06. The number of amides is 1. The fraction of sp³-hybridized carbons (Fsp3) is 0.714. The molecule has 0 aromatic carbocycles. The number of aromatic nitrogens is 2. The van der Waals surface area contributed by atoms with E-state index in [1.807, 2.05) is 12.5 Å². The summed E-state index contributed by atoms with van der Waals surface area (Å²) >= 11 is 0. The number of carbonyl (C=O) groups is 1. The van der Waals surface area contributed by atoms with Crippen molar-refractivity contribution in [2.24, 2.45) is 5.92 Å². The highest BCUT2D eigenvalue weighted by Gasteiger charge is 2.16. The van der Waals surface area contributed by atoms with Crippen LogP contribution in [0.25, 0.3) is 0 Å². The van der Waals surface area contributed by atoms with Crippen molar-refractivity contribution in [3.63, 3.8) is 0 Å². The third kappa shape index (κ3) is 5.42. The van der Waals surface area contributed by atoms with Crippen molar-refractivity contribution in [3.8, 4) is 0 Å². The van der Waals surface area contributed by atoms with Gasteiger partial charge in [-0.05, 0) is 44.7 Å². The molecule has 1 unspecified atom stereocenters. The SMILES string of the molecule is O=C(CC1CCCNC1)NCCCCn1ccnc1. The molecule has 2 N–H and O–H groups in total. The zero-order valence-corrected chi connectivity index (χ0v) is 11.5. The molecular formula is C14H24N4O. The van der Waals surface area contributed by atoms with Crippen LogP contribution in [0.1, 0.15) is 32.1 Å². The Balaban J connectivity index is 1.49. The van der Waals surface area contributed by atoms with E-state index in [9.17, 15) is 4.79 Å². The Labute approximate surface area is 114 Å². The number of aryl methyl sites for hydroxylation is 1. The number of imidazole rings is 1. The van der Waals surface area contributed by atoms with Crippen molar-refractivity contribution < 1.29 is 4.79 Å². The van der Waals surface area contributed by atoms with E-state index in [0.29, 0.717) is 12.3 Å². The Morgan fingerprint density at radius 2 is 2.42 bits per heavy atom. The monoisotopic (exact) mass is 264 g/mol. The second-order valence-electron chi connectivity index (χ2n) is 5.27. The van der Waals surface area contributed by atoms with Gasteiger partial charge in [0.1, 0.15) is 0 Å². The number of hydrogen-bond acceptors (Lipinski definition) is 3. The van der Waals surface area contributed by atoms with Crippen molar-refractivity contribution in [2.75, 3.05) is 19.6 Å². The molecule has 0 spiro atoms. The first kappa shape index (κ1) is 14.1. The van der Waals surface area contributed by atoms with Gasteiger partial charge in [-0.1, -0.05) is 0 Å². The van der Waals surface area contributed by atoms with Gasteiger partial charge in [-0.15, -0.1) is 0 Å². The molecule has 1 atom stereocenters. The van der Waals surface area contributed by atoms with E-state index in [-0.39, 0.29) is 5.91 Å². The summed E-state index contributed by atoms with van der Waals surface area (Å²) in [6, 6.07) is 0. The van der Waals surface area contributed by atoms with Gasteiger partial charge in [0, 0.05) is 31.9 Å². The zero-order chi connectivity index (χ0) is 13.3. The number of nitrogens with one attached hydrogen (secondary N) is 2. The zero-order valence-electron chi connectivity index (χ0n) is 11.5. The minimum atomic E-state index is 0.205. The topological polar surface area (TPSA) is 59.0 Å². The lowest BCUT2D eigenvalue weighted by molar-refractivity contribution is -0.122. The van der Waals surface area contributed by atoms with Crippen molar-refractivity contribution in [3.05, 3.63) is 18.7 Å². The number of nitrogens with zero attached hydrogens (tertiary/aromatic N) is 2. The van der Waals surface area contributed by atoms with E-state index in [1.165, 1.54) is 12.8 Å². The van der Waals surface area contributed by atoms with Gasteiger partial charge in [0.05, 0.1) is 6.33 Å². The van der Waals surface area contributed by atoms with Crippen LogP contribution in [0.2, 0.25) is 0 Å². The van der Waals surface area contributed by atoms with Crippen molar-refractivity contribution in [1.82, 2.24) is 20.2 Å². The van der Waals surface area contributed by atoms with Gasteiger partial charge in [-0.25, -0.2) is 4.98 Å². The van der Waals surface area contributed by atoms with Gasteiger partial charge in [-0.3, -0.25) is 4.79 Å². The molecule has 2 rings (SSSR count). The van der Waals surface area contributed by atoms with Gasteiger partial charge in [0.25, 0.3) is 0 Å². The van der Waals surface area contributed by atoms with Gasteiger partial charge in [0.15, 0.2) is 0 Å². The molecule has 2 heterocycles. The first-order valence-corrected chi connectivity index (χ1v) is 7.28. The third-order valence-corrected chi connectivity index (χ3v) is 3.60. The summed E-state index contributed by atoms with van der Waals surface area (Å²) in [5.41, 5.74) is 0. The molecule has 5 heteroatoms. The average Bonchev–Trinajstić information content (AvgIpc) is 2.92. The van der Waals surface area contributed by atoms with Crippen LogP contribution in [-0.2, 0) is 11.3 Å². The predicted octanol–water partition coefficient (Wildman–Crippen LogP) is 1.17. The Kier molecular flexibility index (Phi) is 5.88. The molecule has 0 bridgehead atoms. The van der Waals surface area contributed by atoms with Crippen molar-refractivity contribution in [2.45, 2.75) is 38.6 Å². The Hall–Kier alpha value is -1.36. The minimum absolute atomic E-state index is 0.205. The van der Waals surface area contributed by atoms with Gasteiger partial charge < -0.3 is 15.2 Å². The molecule has 106 valence electrons. The van der Waals surface area contributed by atoms with E-state index in [2.05, 4.69) is 20.2 Å². The summed E-state index contributed by atoms with van der Waals surface area (Å²) in [6.45, 7) is 3.86. The summed E-state index contributed by atoms with van der Waals surface area (Å²) in [5.74, 6) is 0.732. The lowest BCUT2D eigenvalue weighted by atomic mass is 9.96. The molecule has 0 aliphatic carbocycles. The molecule has 1 aromatic rings. The van der Waals surface area contributed by atoms with E-state index in [0.717, 1.165) is 39.0 Å². The molecule has 0 saturated carbocycles. The van der Waals surface area contributed by atoms with Crippen molar-refractivity contribution in [1.29, 1.82) is 0 Å². The fourth-order valence-electron chi connectivity index (χ4n) is 2.50. The first-order valence-electron chi connectivity index (χ1n) is 7.28. The van der Waals surface area contributed by atoms with E-state index in [4.69, 9.17) is 0 Å². The Morgan fingerprint density at radius 1 is 1.47 bits per heavy atom. The minimum Gasteiger partial charge on any atom is -0.356 e. The molecular weight excluding hydrogens is 240 g/mol. The maximum absolute atomic E-state index is 11.7. The molecule has 1 saturated heterocycles. The van der Waals surface area contributed by atoms with Crippen LogP contribution in [-0.4, -0.2) is 35.1 Å². The standard InChI is InChI=1S/C14H24N4O/c19-14(10-13-4-3-5-15-11-13)17-6-1-2-8-18-9-7-16-12-18/h7,9,12-13,15H,1-6,8,10-11H2,(H,17,19). The van der Waals surface area contributed by atoms with E-state index >= 15 is 0 Å². The highest BCUT2D eigenvalue weighted by Crippen LogP contribution is 2.13. The molecule has 5 nitrogen and oxygen atoms in total. The fourth-order valence-corrected chi connectivity index (χ4v) is 2.50. The Bertz CT molecular complexity index is 358. The smallest absolute Gasteiger partial charge is 0.220 e. The van der Waals surface area contributed by atoms with Gasteiger partial charge >= 0.3 is 0 Å². The second-order valence-corrected chi connectivity index (χ2v) is 5.27. The first-order chi connectivity index (χ1) is 9.34. The predicted molar refractivity (Wildman–Crippen MR) is 74.7 cm³/mol. The molecule has 0 radical (unpaired) electrons. The maximum Gasteiger partial charge on any atom is 0.220 e. The number of unbranched alkanes of at least 4 members (excludes halogenated alkanes) is 1. The van der Waals surface area contributed by atoms with Gasteiger partial charge in [-0.2, -0.15) is 0 Å². The summed E-state index contributed by atoms with van der Waals surface area (Å²) in [6.07, 6.45) is 10.7. The molecule has 1 aliphatic rings. The average molecular weight is 264 g/mol. The molecule has 1 amide bonds. The lowest BCUT2D eigenvalue weighted by Gasteiger charge is -2.22. The number of piperidine rings is 1. The largest absolute Gasteiger partial charge is 0.356 e. The van der Waals surface area contributed by atoms with Crippen LogP contribution >= 0.6 is 0 Å². The van der Waals surface area contributed by atoms with Crippen LogP contribution in [0.5, 0.6) is 0 Å². The summed E-state index contributed by atoms with van der Waals surface area (Å²) in [4.78, 5) is 15.8. The second kappa shape index (κ2) is 7.94. The number of rotatable bonds is 7. The van der Waals surface area contributed by atoms with Crippen LogP contribution in [0, 0.1) is 5.92 Å². The van der Waals surface area contributed by atoms with Crippen LogP contribution in [0.3, 0.4) is 0 Å². The Morgan fingerprint density at radius 3 is 3.16 bits per heavy atom. The highest BCUT2D eigenvalue weighted by atomic mass is 16.1. The van der Waals surface area contributed by atoms with Crippen LogP contribution < -0.4 is 10.6 Å². The molecule has 1 aromatic heterocycles. The normalized spacial score (nSPS) is 19.3. The number of hydrogen-bond donors (Lipinski definition) is 2.